The first-order valence-electron chi connectivity index (χ1n) is 8.94. The Hall–Kier alpha value is -1.63. The van der Waals surface area contributed by atoms with Crippen molar-refractivity contribution in [3.05, 3.63) is 28.6 Å². The highest BCUT2D eigenvalue weighted by molar-refractivity contribution is 14.0. The molecule has 0 radical (unpaired) electrons. The van der Waals surface area contributed by atoms with Gasteiger partial charge in [0, 0.05) is 46.0 Å². The van der Waals surface area contributed by atoms with E-state index in [-0.39, 0.29) is 24.0 Å². The fourth-order valence-corrected chi connectivity index (χ4v) is 3.25. The van der Waals surface area contributed by atoms with Gasteiger partial charge in [-0.1, -0.05) is 0 Å². The van der Waals surface area contributed by atoms with Crippen LogP contribution < -0.4 is 15.0 Å². The summed E-state index contributed by atoms with van der Waals surface area (Å²) in [6.07, 6.45) is 3.52. The molecule has 0 unspecified atom stereocenters. The molecule has 1 saturated heterocycles. The van der Waals surface area contributed by atoms with Crippen LogP contribution in [-0.2, 0) is 13.6 Å². The average molecular weight is 565 g/mol. The number of anilines is 1. The number of aliphatic imine (C=N–C) groups is 1. The summed E-state index contributed by atoms with van der Waals surface area (Å²) in [6.45, 7) is 6.85. The van der Waals surface area contributed by atoms with Crippen molar-refractivity contribution in [1.82, 2.24) is 30.0 Å². The third-order valence-corrected chi connectivity index (χ3v) is 4.95. The zero-order chi connectivity index (χ0) is 19.2. The number of hydrogen-bond donors (Lipinski definition) is 1. The Morgan fingerprint density at radius 3 is 2.68 bits per heavy atom. The van der Waals surface area contributed by atoms with E-state index >= 15 is 0 Å². The van der Waals surface area contributed by atoms with Gasteiger partial charge in [0.15, 0.2) is 5.96 Å². The second kappa shape index (κ2) is 10.8. The summed E-state index contributed by atoms with van der Waals surface area (Å²) < 4.78 is 7.88. The summed E-state index contributed by atoms with van der Waals surface area (Å²) in [4.78, 5) is 18.1. The molecular weight excluding hydrogens is 539 g/mol. The van der Waals surface area contributed by atoms with Gasteiger partial charge >= 0.3 is 0 Å². The number of hydrogen-bond acceptors (Lipinski definition) is 6. The van der Waals surface area contributed by atoms with Gasteiger partial charge in [0.1, 0.15) is 0 Å². The lowest BCUT2D eigenvalue weighted by Gasteiger charge is -2.36. The summed E-state index contributed by atoms with van der Waals surface area (Å²) in [7, 11) is 3.54. The second-order valence-electron chi connectivity index (χ2n) is 6.12. The summed E-state index contributed by atoms with van der Waals surface area (Å²) in [5.41, 5.74) is 1.08. The number of rotatable bonds is 5. The topological polar surface area (TPSA) is 83.7 Å². The fraction of sp³-hybridized carbons (Fsp3) is 0.529. The first-order valence-corrected chi connectivity index (χ1v) is 9.73. The number of piperazine rings is 1. The highest BCUT2D eigenvalue weighted by atomic mass is 127. The maximum absolute atomic E-state index is 5.27. The van der Waals surface area contributed by atoms with Gasteiger partial charge in [-0.15, -0.1) is 24.0 Å². The molecule has 0 spiro atoms. The largest absolute Gasteiger partial charge is 0.480 e. The molecule has 3 rings (SSSR count). The lowest BCUT2D eigenvalue weighted by Crippen LogP contribution is -2.53. The van der Waals surface area contributed by atoms with Gasteiger partial charge in [-0.2, -0.15) is 10.1 Å². The van der Waals surface area contributed by atoms with Crippen LogP contribution in [0.15, 0.2) is 27.9 Å². The van der Waals surface area contributed by atoms with E-state index in [2.05, 4.69) is 53.0 Å². The smallest absolute Gasteiger partial charge is 0.232 e. The maximum Gasteiger partial charge on any atom is 0.232 e. The third kappa shape index (κ3) is 5.46. The number of aromatic nitrogens is 4. The van der Waals surface area contributed by atoms with Crippen molar-refractivity contribution in [2.24, 2.45) is 12.0 Å². The van der Waals surface area contributed by atoms with Gasteiger partial charge in [0.25, 0.3) is 0 Å². The molecule has 0 atom stereocenters. The minimum Gasteiger partial charge on any atom is -0.480 e. The standard InChI is InChI=1S/C17H25BrN8O.HI/c1-4-19-16(20-11-13-5-6-22-24(13)2)25-7-9-26(10-8-25)17-21-12-14(18)15(23-17)27-3;/h5-6,12H,4,7-11H2,1-3H3,(H,19,20);1H. The number of halogens is 2. The van der Waals surface area contributed by atoms with Crippen molar-refractivity contribution < 1.29 is 4.74 Å². The predicted octanol–water partition coefficient (Wildman–Crippen LogP) is 1.89. The first kappa shape index (κ1) is 22.7. The molecule has 1 aliphatic heterocycles. The number of methoxy groups -OCH3 is 1. The highest BCUT2D eigenvalue weighted by Crippen LogP contribution is 2.23. The molecule has 9 nitrogen and oxygen atoms in total. The lowest BCUT2D eigenvalue weighted by atomic mass is 10.3. The molecule has 1 aliphatic rings. The lowest BCUT2D eigenvalue weighted by molar-refractivity contribution is 0.366. The molecule has 0 saturated carbocycles. The minimum absolute atomic E-state index is 0. The fourth-order valence-electron chi connectivity index (χ4n) is 2.89. The summed E-state index contributed by atoms with van der Waals surface area (Å²) >= 11 is 3.39. The van der Waals surface area contributed by atoms with E-state index in [1.54, 1.807) is 19.5 Å². The zero-order valence-corrected chi connectivity index (χ0v) is 20.2. The van der Waals surface area contributed by atoms with Crippen molar-refractivity contribution in [1.29, 1.82) is 0 Å². The van der Waals surface area contributed by atoms with Crippen molar-refractivity contribution in [2.75, 3.05) is 44.7 Å². The van der Waals surface area contributed by atoms with Gasteiger partial charge in [-0.05, 0) is 28.9 Å². The van der Waals surface area contributed by atoms with E-state index < -0.39 is 0 Å². The predicted molar refractivity (Wildman–Crippen MR) is 124 cm³/mol. The number of aryl methyl sites for hydroxylation is 1. The monoisotopic (exact) mass is 564 g/mol. The molecule has 0 bridgehead atoms. The molecule has 0 aliphatic carbocycles. The molecule has 1 N–H and O–H groups in total. The van der Waals surface area contributed by atoms with Crippen LogP contribution >= 0.6 is 39.9 Å². The Balaban J connectivity index is 0.00000280. The normalized spacial score (nSPS) is 14.6. The van der Waals surface area contributed by atoms with Crippen LogP contribution in [0, 0.1) is 0 Å². The van der Waals surface area contributed by atoms with Gasteiger partial charge in [-0.25, -0.2) is 9.98 Å². The van der Waals surface area contributed by atoms with Crippen LogP contribution in [0.3, 0.4) is 0 Å². The molecule has 11 heteroatoms. The number of guanidine groups is 1. The van der Waals surface area contributed by atoms with Crippen LogP contribution in [0.25, 0.3) is 0 Å². The Kier molecular flexibility index (Phi) is 8.73. The van der Waals surface area contributed by atoms with Crippen LogP contribution in [-0.4, -0.2) is 70.4 Å². The Morgan fingerprint density at radius 2 is 2.07 bits per heavy atom. The second-order valence-corrected chi connectivity index (χ2v) is 6.97. The molecule has 28 heavy (non-hydrogen) atoms. The first-order chi connectivity index (χ1) is 13.1. The minimum atomic E-state index is 0. The number of nitrogens with one attached hydrogen (secondary N) is 1. The van der Waals surface area contributed by atoms with Crippen molar-refractivity contribution >= 4 is 51.8 Å². The molecule has 154 valence electrons. The maximum atomic E-state index is 5.27. The summed E-state index contributed by atoms with van der Waals surface area (Å²) in [5.74, 6) is 2.16. The molecule has 0 amide bonds. The quantitative estimate of drug-likeness (QED) is 0.337. The van der Waals surface area contributed by atoms with Crippen LogP contribution in [0.4, 0.5) is 5.95 Å². The van der Waals surface area contributed by atoms with E-state index in [9.17, 15) is 0 Å². The Labute approximate surface area is 190 Å². The average Bonchev–Trinajstić information content (AvgIpc) is 3.10. The van der Waals surface area contributed by atoms with E-state index in [0.717, 1.165) is 48.8 Å². The van der Waals surface area contributed by atoms with Crippen molar-refractivity contribution in [3.8, 4) is 5.88 Å². The zero-order valence-electron chi connectivity index (χ0n) is 16.3. The van der Waals surface area contributed by atoms with E-state index in [0.29, 0.717) is 18.4 Å². The highest BCUT2D eigenvalue weighted by Gasteiger charge is 2.22. The Bertz CT molecular complexity index is 791. The van der Waals surface area contributed by atoms with E-state index in [1.807, 2.05) is 17.8 Å². The van der Waals surface area contributed by atoms with Gasteiger partial charge in [0.05, 0.1) is 30.0 Å². The van der Waals surface area contributed by atoms with E-state index in [1.165, 1.54) is 0 Å². The van der Waals surface area contributed by atoms with Crippen molar-refractivity contribution in [3.63, 3.8) is 0 Å². The molecule has 3 heterocycles. The number of nitrogens with zero attached hydrogens (tertiary/aromatic N) is 7. The van der Waals surface area contributed by atoms with Crippen LogP contribution in [0.1, 0.15) is 12.6 Å². The van der Waals surface area contributed by atoms with E-state index in [4.69, 9.17) is 9.73 Å². The van der Waals surface area contributed by atoms with Gasteiger partial charge < -0.3 is 19.9 Å². The Morgan fingerprint density at radius 1 is 1.32 bits per heavy atom. The third-order valence-electron chi connectivity index (χ3n) is 4.40. The molecule has 2 aromatic rings. The molecule has 0 aromatic carbocycles. The molecule has 1 fully saturated rings. The molecular formula is C17H26BrIN8O. The summed E-state index contributed by atoms with van der Waals surface area (Å²) in [5, 5.41) is 7.58. The SMILES string of the molecule is CCNC(=NCc1ccnn1C)N1CCN(c2ncc(Br)c(OC)n2)CC1.I. The van der Waals surface area contributed by atoms with Crippen LogP contribution in [0.2, 0.25) is 0 Å². The van der Waals surface area contributed by atoms with Gasteiger partial charge in [0.2, 0.25) is 11.8 Å². The van der Waals surface area contributed by atoms with Gasteiger partial charge in [-0.3, -0.25) is 4.68 Å². The molecule has 2 aromatic heterocycles. The van der Waals surface area contributed by atoms with Crippen molar-refractivity contribution in [2.45, 2.75) is 13.5 Å². The van der Waals surface area contributed by atoms with Crippen LogP contribution in [0.5, 0.6) is 5.88 Å². The number of ether oxygens (including phenoxy) is 1. The summed E-state index contributed by atoms with van der Waals surface area (Å²) in [6, 6.07) is 1.99.